The van der Waals surface area contributed by atoms with E-state index in [4.69, 9.17) is 9.97 Å². The van der Waals surface area contributed by atoms with Crippen molar-refractivity contribution in [3.63, 3.8) is 0 Å². The Morgan fingerprint density at radius 2 is 1.71 bits per heavy atom. The molecule has 3 aromatic rings. The van der Waals surface area contributed by atoms with E-state index < -0.39 is 11.7 Å². The van der Waals surface area contributed by atoms with Crippen LogP contribution >= 0.6 is 0 Å². The summed E-state index contributed by atoms with van der Waals surface area (Å²) in [5, 5.41) is 9.51. The highest BCUT2D eigenvalue weighted by Gasteiger charge is 2.42. The molecule has 0 aliphatic heterocycles. The van der Waals surface area contributed by atoms with Crippen molar-refractivity contribution in [2.45, 2.75) is 31.9 Å². The first-order valence-electron chi connectivity index (χ1n) is 11.1. The quantitative estimate of drug-likeness (QED) is 0.461. The third kappa shape index (κ3) is 3.69. The van der Waals surface area contributed by atoms with Crippen molar-refractivity contribution in [2.24, 2.45) is 11.8 Å². The molecule has 5 rings (SSSR count). The number of carbonyl (C=O) groups excluding carboxylic acids is 1. The molecule has 3 unspecified atom stereocenters. The molecule has 2 aliphatic rings. The van der Waals surface area contributed by atoms with E-state index in [1.807, 2.05) is 43.3 Å². The van der Waals surface area contributed by atoms with Crippen LogP contribution in [0.25, 0.3) is 22.6 Å². The Morgan fingerprint density at radius 3 is 2.35 bits per heavy atom. The van der Waals surface area contributed by atoms with Crippen molar-refractivity contribution in [2.75, 3.05) is 0 Å². The lowest BCUT2D eigenvalue weighted by Crippen LogP contribution is -2.35. The van der Waals surface area contributed by atoms with E-state index in [2.05, 4.69) is 0 Å². The van der Waals surface area contributed by atoms with E-state index in [1.165, 1.54) is 12.1 Å². The van der Waals surface area contributed by atoms with E-state index in [9.17, 15) is 23.2 Å². The monoisotopic (exact) mass is 459 g/mol. The van der Waals surface area contributed by atoms with Crippen LogP contribution in [0.15, 0.2) is 66.2 Å². The molecule has 0 spiro atoms. The van der Waals surface area contributed by atoms with Gasteiger partial charge in [-0.3, -0.25) is 4.79 Å². The summed E-state index contributed by atoms with van der Waals surface area (Å²) in [6.07, 6.45) is -1.27. The maximum Gasteiger partial charge on any atom is 0.416 e. The molecule has 0 radical (unpaired) electrons. The number of alkyl halides is 3. The molecule has 1 heterocycles. The Bertz CT molecular complexity index is 1340. The molecule has 2 aromatic carbocycles. The van der Waals surface area contributed by atoms with Crippen LogP contribution in [-0.4, -0.2) is 15.8 Å². The number of ketones is 1. The maximum absolute atomic E-state index is 13.1. The molecule has 34 heavy (non-hydrogen) atoms. The van der Waals surface area contributed by atoms with Gasteiger partial charge in [0.05, 0.1) is 22.5 Å². The summed E-state index contributed by atoms with van der Waals surface area (Å²) >= 11 is 0. The SMILES string of the molecule is CC1C(=O)C(C#N)=CC2c3nc(-c4ccc(C(F)(F)F)cc4)nc(-c4ccccc4)c3CCC12. The molecule has 0 N–H and O–H groups in total. The molecule has 2 aliphatic carbocycles. The van der Waals surface area contributed by atoms with Gasteiger partial charge in [0.2, 0.25) is 0 Å². The Balaban J connectivity index is 1.71. The lowest BCUT2D eigenvalue weighted by Gasteiger charge is -2.38. The largest absolute Gasteiger partial charge is 0.416 e. The Labute approximate surface area is 194 Å². The van der Waals surface area contributed by atoms with Gasteiger partial charge in [0.25, 0.3) is 0 Å². The zero-order chi connectivity index (χ0) is 24.0. The topological polar surface area (TPSA) is 66.6 Å². The van der Waals surface area contributed by atoms with Crippen LogP contribution in [0.2, 0.25) is 0 Å². The van der Waals surface area contributed by atoms with Crippen LogP contribution in [-0.2, 0) is 17.4 Å². The molecule has 0 saturated heterocycles. The average Bonchev–Trinajstić information content (AvgIpc) is 2.85. The fraction of sp³-hybridized carbons (Fsp3) is 0.259. The maximum atomic E-state index is 13.1. The van der Waals surface area contributed by atoms with E-state index >= 15 is 0 Å². The lowest BCUT2D eigenvalue weighted by molar-refractivity contribution is -0.137. The fourth-order valence-corrected chi connectivity index (χ4v) is 5.05. The van der Waals surface area contributed by atoms with Gasteiger partial charge in [0, 0.05) is 28.5 Å². The number of allylic oxidation sites excluding steroid dienone is 2. The van der Waals surface area contributed by atoms with Gasteiger partial charge in [-0.05, 0) is 30.9 Å². The van der Waals surface area contributed by atoms with Crippen molar-refractivity contribution in [3.8, 4) is 28.7 Å². The van der Waals surface area contributed by atoms with Crippen LogP contribution in [0.3, 0.4) is 0 Å². The number of hydrogen-bond acceptors (Lipinski definition) is 4. The number of nitrogens with zero attached hydrogens (tertiary/aromatic N) is 3. The number of fused-ring (bicyclic) bond motifs is 3. The summed E-state index contributed by atoms with van der Waals surface area (Å²) in [4.78, 5) is 22.2. The number of rotatable bonds is 2. The molecule has 1 aromatic heterocycles. The first-order chi connectivity index (χ1) is 16.3. The lowest BCUT2D eigenvalue weighted by atomic mass is 9.66. The number of hydrogen-bond donors (Lipinski definition) is 0. The van der Waals surface area contributed by atoms with Gasteiger partial charge in [-0.15, -0.1) is 0 Å². The number of aromatic nitrogens is 2. The van der Waals surface area contributed by atoms with Gasteiger partial charge in [-0.1, -0.05) is 55.5 Å². The summed E-state index contributed by atoms with van der Waals surface area (Å²) in [5.41, 5.74) is 3.19. The third-order valence-corrected chi connectivity index (χ3v) is 6.85. The molecule has 4 nitrogen and oxygen atoms in total. The summed E-state index contributed by atoms with van der Waals surface area (Å²) in [6, 6.07) is 16.4. The normalized spacial score (nSPS) is 21.8. The number of benzene rings is 2. The van der Waals surface area contributed by atoms with Gasteiger partial charge in [-0.2, -0.15) is 18.4 Å². The molecule has 0 saturated carbocycles. The predicted octanol–water partition coefficient (Wildman–Crippen LogP) is 6.14. The van der Waals surface area contributed by atoms with Crippen LogP contribution in [0.4, 0.5) is 13.2 Å². The van der Waals surface area contributed by atoms with Crippen LogP contribution in [0, 0.1) is 23.2 Å². The number of halogens is 3. The highest BCUT2D eigenvalue weighted by Crippen LogP contribution is 2.47. The minimum absolute atomic E-state index is 0.0103. The van der Waals surface area contributed by atoms with Gasteiger partial charge >= 0.3 is 6.18 Å². The first kappa shape index (κ1) is 22.0. The summed E-state index contributed by atoms with van der Waals surface area (Å²) in [6.45, 7) is 1.85. The molecule has 7 heteroatoms. The van der Waals surface area contributed by atoms with Gasteiger partial charge in [0.1, 0.15) is 6.07 Å². The van der Waals surface area contributed by atoms with Crippen molar-refractivity contribution in [1.29, 1.82) is 5.26 Å². The molecular formula is C27H20F3N3O. The van der Waals surface area contributed by atoms with Gasteiger partial charge in [0.15, 0.2) is 11.6 Å². The van der Waals surface area contributed by atoms with Crippen molar-refractivity contribution >= 4 is 5.78 Å². The number of nitriles is 1. The van der Waals surface area contributed by atoms with E-state index in [0.717, 1.165) is 41.1 Å². The predicted molar refractivity (Wildman–Crippen MR) is 120 cm³/mol. The van der Waals surface area contributed by atoms with Gasteiger partial charge < -0.3 is 0 Å². The Morgan fingerprint density at radius 1 is 1.00 bits per heavy atom. The number of Topliss-reactive ketones (excluding diaryl/α,β-unsaturated/α-hetero) is 1. The summed E-state index contributed by atoms with van der Waals surface area (Å²) in [5.74, 6) is -0.348. The van der Waals surface area contributed by atoms with E-state index in [-0.39, 0.29) is 29.1 Å². The van der Waals surface area contributed by atoms with Crippen LogP contribution in [0.5, 0.6) is 0 Å². The molecule has 0 bridgehead atoms. The smallest absolute Gasteiger partial charge is 0.293 e. The second kappa shape index (κ2) is 8.21. The van der Waals surface area contributed by atoms with E-state index in [1.54, 1.807) is 6.08 Å². The molecular weight excluding hydrogens is 439 g/mol. The Kier molecular flexibility index (Phi) is 5.32. The van der Waals surface area contributed by atoms with Crippen LogP contribution in [0.1, 0.15) is 36.1 Å². The van der Waals surface area contributed by atoms with Crippen molar-refractivity contribution in [3.05, 3.63) is 83.1 Å². The summed E-state index contributed by atoms with van der Waals surface area (Å²) < 4.78 is 39.2. The van der Waals surface area contributed by atoms with Crippen molar-refractivity contribution < 1.29 is 18.0 Å². The first-order valence-corrected chi connectivity index (χ1v) is 11.1. The highest BCUT2D eigenvalue weighted by molar-refractivity contribution is 6.01. The zero-order valence-corrected chi connectivity index (χ0v) is 18.3. The summed E-state index contributed by atoms with van der Waals surface area (Å²) in [7, 11) is 0. The number of carbonyl (C=O) groups is 1. The average molecular weight is 459 g/mol. The third-order valence-electron chi connectivity index (χ3n) is 6.85. The standard InChI is InChI=1S/C27H20F3N3O/c1-15-20-11-12-21-23(16-5-3-2-4-6-16)32-26(17-7-9-19(10-8-17)27(28,29)30)33-24(21)22(20)13-18(14-31)25(15)34/h2-10,13,15,20,22H,11-12H2,1H3. The fourth-order valence-electron chi connectivity index (χ4n) is 5.05. The van der Waals surface area contributed by atoms with Gasteiger partial charge in [-0.25, -0.2) is 9.97 Å². The molecule has 3 atom stereocenters. The minimum Gasteiger partial charge on any atom is -0.293 e. The molecule has 170 valence electrons. The minimum atomic E-state index is -4.43. The van der Waals surface area contributed by atoms with Crippen molar-refractivity contribution in [1.82, 2.24) is 9.97 Å². The van der Waals surface area contributed by atoms with Crippen LogP contribution < -0.4 is 0 Å². The highest BCUT2D eigenvalue weighted by atomic mass is 19.4. The zero-order valence-electron chi connectivity index (χ0n) is 18.3. The molecule has 0 amide bonds. The Hall–Kier alpha value is -3.79. The second-order valence-electron chi connectivity index (χ2n) is 8.77. The second-order valence-corrected chi connectivity index (χ2v) is 8.77. The molecule has 0 fully saturated rings. The van der Waals surface area contributed by atoms with E-state index in [0.29, 0.717) is 17.8 Å².